The summed E-state index contributed by atoms with van der Waals surface area (Å²) in [6, 6.07) is 0.0845. The summed E-state index contributed by atoms with van der Waals surface area (Å²) in [7, 11) is -3.56. The highest BCUT2D eigenvalue weighted by atomic mass is 32.2. The van der Waals surface area contributed by atoms with Gasteiger partial charge in [-0.3, -0.25) is 8.75 Å². The van der Waals surface area contributed by atoms with E-state index in [2.05, 4.69) is 9.17 Å². The molecule has 0 aliphatic carbocycles. The van der Waals surface area contributed by atoms with Crippen LogP contribution in [-0.2, 0) is 20.8 Å². The lowest BCUT2D eigenvalue weighted by atomic mass is 10.1. The SMILES string of the molecule is CC1(COS(C)(=O)=O)Cn2cc([N+](=O)[O-])nc2O1. The van der Waals surface area contributed by atoms with Crippen LogP contribution in [0, 0.1) is 10.1 Å². The van der Waals surface area contributed by atoms with E-state index in [0.29, 0.717) is 0 Å². The lowest BCUT2D eigenvalue weighted by molar-refractivity contribution is -0.389. The molecule has 0 aromatic carbocycles. The zero-order chi connectivity index (χ0) is 13.6. The second-order valence-electron chi connectivity index (χ2n) is 4.28. The first-order chi connectivity index (χ1) is 8.19. The molecule has 0 saturated carbocycles. The third-order valence-corrected chi connectivity index (χ3v) is 2.88. The Kier molecular flexibility index (Phi) is 2.78. The number of nitrogens with zero attached hydrogens (tertiary/aromatic N) is 3. The molecule has 0 fully saturated rings. The van der Waals surface area contributed by atoms with Crippen LogP contribution in [0.3, 0.4) is 0 Å². The quantitative estimate of drug-likeness (QED) is 0.429. The molecule has 1 atom stereocenters. The maximum Gasteiger partial charge on any atom is 0.415 e. The molecule has 0 spiro atoms. The molecular weight excluding hydrogens is 266 g/mol. The van der Waals surface area contributed by atoms with Crippen molar-refractivity contribution in [1.29, 1.82) is 0 Å². The van der Waals surface area contributed by atoms with E-state index in [1.165, 1.54) is 10.8 Å². The molecule has 1 aromatic heterocycles. The molecule has 0 amide bonds. The monoisotopic (exact) mass is 277 g/mol. The van der Waals surface area contributed by atoms with Crippen molar-refractivity contribution in [3.63, 3.8) is 0 Å². The minimum Gasteiger partial charge on any atom is -0.435 e. The fraction of sp³-hybridized carbons (Fsp3) is 0.625. The highest BCUT2D eigenvalue weighted by Crippen LogP contribution is 2.31. The van der Waals surface area contributed by atoms with Crippen molar-refractivity contribution < 1.29 is 22.3 Å². The molecule has 0 N–H and O–H groups in total. The van der Waals surface area contributed by atoms with Gasteiger partial charge in [0.15, 0.2) is 5.60 Å². The lowest BCUT2D eigenvalue weighted by Crippen LogP contribution is -2.37. The summed E-state index contributed by atoms with van der Waals surface area (Å²) in [5.74, 6) is -0.309. The molecule has 0 radical (unpaired) electrons. The van der Waals surface area contributed by atoms with Crippen LogP contribution in [0.15, 0.2) is 6.20 Å². The van der Waals surface area contributed by atoms with Crippen molar-refractivity contribution in [2.24, 2.45) is 0 Å². The molecule has 100 valence electrons. The van der Waals surface area contributed by atoms with Crippen molar-refractivity contribution in [1.82, 2.24) is 9.55 Å². The van der Waals surface area contributed by atoms with Gasteiger partial charge < -0.3 is 14.9 Å². The van der Waals surface area contributed by atoms with Gasteiger partial charge in [0.2, 0.25) is 0 Å². The Labute approximate surface area is 103 Å². The van der Waals surface area contributed by atoms with Crippen LogP contribution in [0.25, 0.3) is 0 Å². The molecule has 0 saturated heterocycles. The molecule has 10 heteroatoms. The Morgan fingerprint density at radius 3 is 2.89 bits per heavy atom. The van der Waals surface area contributed by atoms with E-state index in [1.807, 2.05) is 0 Å². The standard InChI is InChI=1S/C8H11N3O6S/c1-8(5-16-18(2,14)15)4-10-3-6(11(12)13)9-7(10)17-8/h3H,4-5H2,1-2H3. The first-order valence-electron chi connectivity index (χ1n) is 4.93. The maximum absolute atomic E-state index is 10.9. The van der Waals surface area contributed by atoms with Crippen molar-refractivity contribution in [2.45, 2.75) is 19.1 Å². The molecule has 9 nitrogen and oxygen atoms in total. The average Bonchev–Trinajstić information content (AvgIpc) is 2.69. The van der Waals surface area contributed by atoms with E-state index in [0.717, 1.165) is 6.26 Å². The first kappa shape index (κ1) is 12.8. The van der Waals surface area contributed by atoms with Gasteiger partial charge in [0.05, 0.1) is 12.8 Å². The number of ether oxygens (including phenoxy) is 1. The van der Waals surface area contributed by atoms with Gasteiger partial charge in [-0.15, -0.1) is 0 Å². The van der Waals surface area contributed by atoms with Crippen molar-refractivity contribution in [3.05, 3.63) is 16.3 Å². The van der Waals surface area contributed by atoms with Gasteiger partial charge in [-0.05, 0) is 11.8 Å². The van der Waals surface area contributed by atoms with Gasteiger partial charge in [0, 0.05) is 4.98 Å². The molecule has 0 bridgehead atoms. The van der Waals surface area contributed by atoms with Crippen LogP contribution in [0.5, 0.6) is 6.01 Å². The van der Waals surface area contributed by atoms with Crippen LogP contribution in [-0.4, -0.2) is 41.4 Å². The molecule has 2 heterocycles. The summed E-state index contributed by atoms with van der Waals surface area (Å²) >= 11 is 0. The van der Waals surface area contributed by atoms with Crippen LogP contribution in [0.1, 0.15) is 6.92 Å². The summed E-state index contributed by atoms with van der Waals surface area (Å²) in [5.41, 5.74) is -0.902. The predicted octanol–water partition coefficient (Wildman–Crippen LogP) is -0.0814. The predicted molar refractivity (Wildman–Crippen MR) is 58.7 cm³/mol. The van der Waals surface area contributed by atoms with E-state index in [-0.39, 0.29) is 25.0 Å². The summed E-state index contributed by atoms with van der Waals surface area (Å²) in [6.07, 6.45) is 2.18. The number of aromatic nitrogens is 2. The van der Waals surface area contributed by atoms with E-state index >= 15 is 0 Å². The summed E-state index contributed by atoms with van der Waals surface area (Å²) in [5, 5.41) is 10.5. The number of fused-ring (bicyclic) bond motifs is 1. The van der Waals surface area contributed by atoms with Gasteiger partial charge in [-0.2, -0.15) is 8.42 Å². The van der Waals surface area contributed by atoms with E-state index < -0.39 is 20.6 Å². The van der Waals surface area contributed by atoms with Crippen molar-refractivity contribution in [2.75, 3.05) is 12.9 Å². The molecule has 1 aliphatic rings. The van der Waals surface area contributed by atoms with Gasteiger partial charge in [-0.25, -0.2) is 0 Å². The van der Waals surface area contributed by atoms with Crippen LogP contribution >= 0.6 is 0 Å². The smallest absolute Gasteiger partial charge is 0.415 e. The third kappa shape index (κ3) is 2.59. The van der Waals surface area contributed by atoms with E-state index in [1.54, 1.807) is 6.92 Å². The zero-order valence-electron chi connectivity index (χ0n) is 9.69. The number of rotatable bonds is 4. The molecule has 1 unspecified atom stereocenters. The van der Waals surface area contributed by atoms with Crippen LogP contribution < -0.4 is 4.74 Å². The third-order valence-electron chi connectivity index (χ3n) is 2.34. The normalized spacial score (nSPS) is 22.6. The average molecular weight is 277 g/mol. The minimum atomic E-state index is -3.56. The Morgan fingerprint density at radius 2 is 2.39 bits per heavy atom. The summed E-state index contributed by atoms with van der Waals surface area (Å²) < 4.78 is 33.3. The minimum absolute atomic E-state index is 0.0845. The summed E-state index contributed by atoms with van der Waals surface area (Å²) in [4.78, 5) is 13.5. The van der Waals surface area contributed by atoms with Gasteiger partial charge >= 0.3 is 11.8 Å². The number of nitro groups is 1. The van der Waals surface area contributed by atoms with E-state index in [9.17, 15) is 18.5 Å². The van der Waals surface area contributed by atoms with Crippen LogP contribution in [0.2, 0.25) is 0 Å². The molecule has 1 aliphatic heterocycles. The molecule has 18 heavy (non-hydrogen) atoms. The lowest BCUT2D eigenvalue weighted by Gasteiger charge is -2.20. The molecule has 2 rings (SSSR count). The van der Waals surface area contributed by atoms with Crippen molar-refractivity contribution >= 4 is 15.9 Å². The highest BCUT2D eigenvalue weighted by Gasteiger charge is 2.41. The highest BCUT2D eigenvalue weighted by molar-refractivity contribution is 7.85. The number of hydrogen-bond donors (Lipinski definition) is 0. The van der Waals surface area contributed by atoms with E-state index in [4.69, 9.17) is 4.74 Å². The van der Waals surface area contributed by atoms with Crippen molar-refractivity contribution in [3.8, 4) is 6.01 Å². The second kappa shape index (κ2) is 3.92. The number of hydrogen-bond acceptors (Lipinski definition) is 7. The maximum atomic E-state index is 10.9. The fourth-order valence-corrected chi connectivity index (χ4v) is 2.05. The van der Waals surface area contributed by atoms with Gasteiger partial charge in [0.1, 0.15) is 12.8 Å². The second-order valence-corrected chi connectivity index (χ2v) is 5.93. The molecule has 1 aromatic rings. The Bertz CT molecular complexity index is 568. The van der Waals surface area contributed by atoms with Crippen LogP contribution in [0.4, 0.5) is 5.82 Å². The number of imidazole rings is 1. The molecular formula is C8H11N3O6S. The fourth-order valence-electron chi connectivity index (χ4n) is 1.59. The Hall–Kier alpha value is -1.68. The Balaban J connectivity index is 2.09. The topological polar surface area (TPSA) is 114 Å². The van der Waals surface area contributed by atoms with Gasteiger partial charge in [0.25, 0.3) is 10.1 Å². The van der Waals surface area contributed by atoms with Gasteiger partial charge in [-0.1, -0.05) is 0 Å². The largest absolute Gasteiger partial charge is 0.435 e. The Morgan fingerprint density at radius 1 is 1.72 bits per heavy atom. The summed E-state index contributed by atoms with van der Waals surface area (Å²) in [6.45, 7) is 1.69. The zero-order valence-corrected chi connectivity index (χ0v) is 10.5. The first-order valence-corrected chi connectivity index (χ1v) is 6.75.